The topological polar surface area (TPSA) is 110 Å². The Bertz CT molecular complexity index is 1260. The molecule has 1 amide bonds. The van der Waals surface area contributed by atoms with Gasteiger partial charge in [-0.25, -0.2) is 4.79 Å². The molecule has 1 aromatic heterocycles. The first-order chi connectivity index (χ1) is 16.6. The second kappa shape index (κ2) is 11.0. The van der Waals surface area contributed by atoms with Gasteiger partial charge in [0.2, 0.25) is 5.95 Å². The Labute approximate surface area is 201 Å². The molecule has 10 heteroatoms. The molecule has 0 saturated carbocycles. The lowest BCUT2D eigenvalue weighted by Crippen LogP contribution is -2.14. The molecule has 9 nitrogen and oxygen atoms in total. The molecule has 0 aliphatic heterocycles. The van der Waals surface area contributed by atoms with Gasteiger partial charge in [-0.2, -0.15) is 4.98 Å². The molecule has 34 heavy (non-hydrogen) atoms. The largest absolute Gasteiger partial charge is 0.497 e. The number of aromatic nitrogens is 3. The van der Waals surface area contributed by atoms with E-state index in [2.05, 4.69) is 31.1 Å². The highest BCUT2D eigenvalue weighted by Gasteiger charge is 2.12. The molecule has 4 aromatic rings. The maximum absolute atomic E-state index is 12.3. The zero-order chi connectivity index (χ0) is 23.8. The van der Waals surface area contributed by atoms with Crippen LogP contribution in [0.25, 0.3) is 0 Å². The number of carbonyl (C=O) groups is 1. The fourth-order valence-electron chi connectivity index (χ4n) is 2.95. The van der Waals surface area contributed by atoms with E-state index >= 15 is 0 Å². The summed E-state index contributed by atoms with van der Waals surface area (Å²) in [5.74, 6) is 1.24. The predicted octanol–water partition coefficient (Wildman–Crippen LogP) is 5.77. The smallest absolute Gasteiger partial charge is 0.412 e. The normalized spacial score (nSPS) is 10.3. The van der Waals surface area contributed by atoms with Crippen LogP contribution in [0.2, 0.25) is 5.15 Å². The molecule has 0 bridgehead atoms. The summed E-state index contributed by atoms with van der Waals surface area (Å²) in [5.41, 5.74) is 2.68. The minimum Gasteiger partial charge on any atom is -0.497 e. The lowest BCUT2D eigenvalue weighted by atomic mass is 10.2. The van der Waals surface area contributed by atoms with Gasteiger partial charge in [0, 0.05) is 5.69 Å². The molecule has 1 heterocycles. The third-order valence-electron chi connectivity index (χ3n) is 4.62. The van der Waals surface area contributed by atoms with E-state index in [4.69, 9.17) is 21.1 Å². The minimum absolute atomic E-state index is 0.0711. The Morgan fingerprint density at radius 2 is 1.59 bits per heavy atom. The number of nitrogens with one attached hydrogen (secondary N) is 3. The number of methoxy groups -OCH3 is 1. The summed E-state index contributed by atoms with van der Waals surface area (Å²) >= 11 is 6.21. The maximum atomic E-state index is 12.3. The lowest BCUT2D eigenvalue weighted by Gasteiger charge is -2.14. The van der Waals surface area contributed by atoms with Crippen LogP contribution in [0.4, 0.5) is 33.6 Å². The fourth-order valence-corrected chi connectivity index (χ4v) is 3.07. The van der Waals surface area contributed by atoms with Crippen LogP contribution in [0.5, 0.6) is 5.75 Å². The fraction of sp³-hybridized carbons (Fsp3) is 0.0833. The van der Waals surface area contributed by atoms with Crippen LogP contribution < -0.4 is 20.7 Å². The Balaban J connectivity index is 1.45. The third kappa shape index (κ3) is 6.11. The van der Waals surface area contributed by atoms with Crippen LogP contribution in [0.15, 0.2) is 78.9 Å². The van der Waals surface area contributed by atoms with Gasteiger partial charge in [-0.05, 0) is 42.0 Å². The summed E-state index contributed by atoms with van der Waals surface area (Å²) in [7, 11) is 1.60. The van der Waals surface area contributed by atoms with E-state index in [1.165, 1.54) is 0 Å². The molecule has 0 fully saturated rings. The number of ether oxygens (including phenoxy) is 2. The van der Waals surface area contributed by atoms with Gasteiger partial charge >= 0.3 is 6.09 Å². The van der Waals surface area contributed by atoms with Crippen LogP contribution in [0, 0.1) is 0 Å². The molecule has 0 aliphatic carbocycles. The first-order valence-corrected chi connectivity index (χ1v) is 10.6. The van der Waals surface area contributed by atoms with Gasteiger partial charge in [0.1, 0.15) is 12.4 Å². The number of halogens is 1. The van der Waals surface area contributed by atoms with Gasteiger partial charge in [0.15, 0.2) is 11.0 Å². The molecular formula is C24H21ClN6O3. The van der Waals surface area contributed by atoms with E-state index < -0.39 is 6.09 Å². The van der Waals surface area contributed by atoms with Crippen LogP contribution >= 0.6 is 11.6 Å². The first kappa shape index (κ1) is 22.8. The third-order valence-corrected chi connectivity index (χ3v) is 4.88. The van der Waals surface area contributed by atoms with Gasteiger partial charge in [-0.3, -0.25) is 5.32 Å². The Hall–Kier alpha value is -4.37. The Morgan fingerprint density at radius 3 is 2.32 bits per heavy atom. The molecule has 3 N–H and O–H groups in total. The van der Waals surface area contributed by atoms with E-state index in [1.54, 1.807) is 25.3 Å². The number of hydrogen-bond donors (Lipinski definition) is 3. The van der Waals surface area contributed by atoms with Crippen LogP contribution in [0.3, 0.4) is 0 Å². The monoisotopic (exact) mass is 476 g/mol. The quantitative estimate of drug-likeness (QED) is 0.294. The Morgan fingerprint density at radius 1 is 0.882 bits per heavy atom. The first-order valence-electron chi connectivity index (χ1n) is 10.3. The molecule has 0 atom stereocenters. The summed E-state index contributed by atoms with van der Waals surface area (Å²) in [5, 5.41) is 16.9. The summed E-state index contributed by atoms with van der Waals surface area (Å²) < 4.78 is 10.5. The van der Waals surface area contributed by atoms with E-state index in [0.717, 1.165) is 17.0 Å². The van der Waals surface area contributed by atoms with Crippen molar-refractivity contribution in [1.29, 1.82) is 0 Å². The number of para-hydroxylation sites is 2. The van der Waals surface area contributed by atoms with Crippen molar-refractivity contribution in [3.05, 3.63) is 89.6 Å². The summed E-state index contributed by atoms with van der Waals surface area (Å²) in [6.45, 7) is 0.157. The SMILES string of the molecule is COc1ccc(Nc2nnc(Cl)c(Nc3ccccc3NC(=O)OCc3ccccc3)n2)cc1. The molecule has 0 spiro atoms. The van der Waals surface area contributed by atoms with Gasteiger partial charge in [0.25, 0.3) is 0 Å². The van der Waals surface area contributed by atoms with Crippen molar-refractivity contribution in [2.45, 2.75) is 6.61 Å². The number of hydrogen-bond acceptors (Lipinski definition) is 8. The second-order valence-electron chi connectivity index (χ2n) is 6.99. The Kier molecular flexibility index (Phi) is 7.36. The average molecular weight is 477 g/mol. The maximum Gasteiger partial charge on any atom is 0.412 e. The second-order valence-corrected chi connectivity index (χ2v) is 7.34. The highest BCUT2D eigenvalue weighted by Crippen LogP contribution is 2.28. The van der Waals surface area contributed by atoms with Crippen molar-refractivity contribution < 1.29 is 14.3 Å². The minimum atomic E-state index is -0.591. The predicted molar refractivity (Wildman–Crippen MR) is 131 cm³/mol. The van der Waals surface area contributed by atoms with E-state index in [1.807, 2.05) is 60.7 Å². The van der Waals surface area contributed by atoms with Crippen molar-refractivity contribution >= 4 is 46.5 Å². The molecule has 0 saturated heterocycles. The highest BCUT2D eigenvalue weighted by atomic mass is 35.5. The number of amides is 1. The van der Waals surface area contributed by atoms with E-state index in [0.29, 0.717) is 11.4 Å². The molecular weight excluding hydrogens is 456 g/mol. The summed E-state index contributed by atoms with van der Waals surface area (Å²) in [4.78, 5) is 16.7. The van der Waals surface area contributed by atoms with Gasteiger partial charge in [-0.15, -0.1) is 10.2 Å². The van der Waals surface area contributed by atoms with Gasteiger partial charge < -0.3 is 20.1 Å². The summed E-state index contributed by atoms with van der Waals surface area (Å²) in [6.07, 6.45) is -0.591. The van der Waals surface area contributed by atoms with Crippen molar-refractivity contribution in [3.63, 3.8) is 0 Å². The molecule has 172 valence electrons. The number of anilines is 5. The number of carbonyl (C=O) groups excluding carboxylic acids is 1. The van der Waals surface area contributed by atoms with Crippen molar-refractivity contribution in [2.24, 2.45) is 0 Å². The van der Waals surface area contributed by atoms with Crippen molar-refractivity contribution in [1.82, 2.24) is 15.2 Å². The highest BCUT2D eigenvalue weighted by molar-refractivity contribution is 6.31. The van der Waals surface area contributed by atoms with E-state index in [9.17, 15) is 4.79 Å². The number of benzene rings is 3. The zero-order valence-electron chi connectivity index (χ0n) is 18.2. The molecule has 4 rings (SSSR count). The van der Waals surface area contributed by atoms with Crippen LogP contribution in [-0.2, 0) is 11.3 Å². The lowest BCUT2D eigenvalue weighted by molar-refractivity contribution is 0.155. The van der Waals surface area contributed by atoms with Crippen LogP contribution in [0.1, 0.15) is 5.56 Å². The standard InChI is InChI=1S/C24H21ClN6O3/c1-33-18-13-11-17(12-14-18)26-23-29-22(21(25)30-31-23)27-19-9-5-6-10-20(19)28-24(32)34-15-16-7-3-2-4-8-16/h2-14H,15H2,1H3,(H,28,32)(H2,26,27,29,31). The van der Waals surface area contributed by atoms with Gasteiger partial charge in [0.05, 0.1) is 18.5 Å². The number of nitrogens with zero attached hydrogens (tertiary/aromatic N) is 3. The molecule has 0 aliphatic rings. The molecule has 0 radical (unpaired) electrons. The van der Waals surface area contributed by atoms with E-state index in [-0.39, 0.29) is 23.5 Å². The van der Waals surface area contributed by atoms with Crippen molar-refractivity contribution in [3.8, 4) is 5.75 Å². The summed E-state index contributed by atoms with van der Waals surface area (Å²) in [6, 6.07) is 23.8. The average Bonchev–Trinajstić information content (AvgIpc) is 2.87. The van der Waals surface area contributed by atoms with Crippen molar-refractivity contribution in [2.75, 3.05) is 23.1 Å². The zero-order valence-corrected chi connectivity index (χ0v) is 18.9. The molecule has 3 aromatic carbocycles. The number of rotatable bonds is 8. The van der Waals surface area contributed by atoms with Gasteiger partial charge in [-0.1, -0.05) is 54.1 Å². The molecule has 0 unspecified atom stereocenters. The van der Waals surface area contributed by atoms with Crippen LogP contribution in [-0.4, -0.2) is 28.4 Å².